The number of hydrogen-bond acceptors (Lipinski definition) is 4. The lowest BCUT2D eigenvalue weighted by atomic mass is 9.97. The molecule has 1 heterocycles. The molecule has 0 unspecified atom stereocenters. The van der Waals surface area contributed by atoms with Crippen molar-refractivity contribution in [3.8, 4) is 0 Å². The number of nitrogens with zero attached hydrogens (tertiary/aromatic N) is 4. The third-order valence-corrected chi connectivity index (χ3v) is 4.30. The molecule has 1 atom stereocenters. The summed E-state index contributed by atoms with van der Waals surface area (Å²) in [4.78, 5) is 12.5. The van der Waals surface area contributed by atoms with E-state index in [0.29, 0.717) is 5.92 Å². The largest absolute Gasteiger partial charge is 0.347 e. The third-order valence-electron chi connectivity index (χ3n) is 4.30. The number of benzene rings is 1. The number of carbonyl (C=O) groups excluding carboxylic acids is 1. The van der Waals surface area contributed by atoms with Gasteiger partial charge in [0.05, 0.1) is 6.04 Å². The number of tetrazole rings is 1. The minimum Gasteiger partial charge on any atom is -0.347 e. The van der Waals surface area contributed by atoms with Gasteiger partial charge in [-0.05, 0) is 47.2 Å². The molecule has 23 heavy (non-hydrogen) atoms. The lowest BCUT2D eigenvalue weighted by molar-refractivity contribution is -0.122. The van der Waals surface area contributed by atoms with Crippen molar-refractivity contribution in [2.45, 2.75) is 52.1 Å². The number of aryl methyl sites for hydroxylation is 1. The number of rotatable bonds is 6. The predicted octanol–water partition coefficient (Wildman–Crippen LogP) is 2.37. The van der Waals surface area contributed by atoms with E-state index in [1.54, 1.807) is 4.68 Å². The molecular formula is C17H23N5O. The Morgan fingerprint density at radius 2 is 2.09 bits per heavy atom. The molecule has 2 aromatic rings. The summed E-state index contributed by atoms with van der Waals surface area (Å²) < 4.78 is 1.59. The Kier molecular flexibility index (Phi) is 4.41. The van der Waals surface area contributed by atoms with Gasteiger partial charge in [-0.2, -0.15) is 0 Å². The fraction of sp³-hybridized carbons (Fsp3) is 0.529. The summed E-state index contributed by atoms with van der Waals surface area (Å²) in [6, 6.07) is 8.34. The lowest BCUT2D eigenvalue weighted by Crippen LogP contribution is -2.33. The summed E-state index contributed by atoms with van der Waals surface area (Å²) in [7, 11) is 0. The second-order valence-electron chi connectivity index (χ2n) is 6.59. The maximum atomic E-state index is 12.5. The third kappa shape index (κ3) is 3.57. The van der Waals surface area contributed by atoms with E-state index < -0.39 is 0 Å². The van der Waals surface area contributed by atoms with E-state index in [4.69, 9.17) is 0 Å². The van der Waals surface area contributed by atoms with Crippen LogP contribution in [0.1, 0.15) is 55.6 Å². The van der Waals surface area contributed by atoms with E-state index in [1.807, 2.05) is 26.0 Å². The molecule has 0 bridgehead atoms. The molecule has 6 heteroatoms. The fourth-order valence-corrected chi connectivity index (χ4v) is 2.91. The van der Waals surface area contributed by atoms with Crippen LogP contribution in [0.4, 0.5) is 0 Å². The van der Waals surface area contributed by atoms with Gasteiger partial charge in [0, 0.05) is 5.92 Å². The summed E-state index contributed by atoms with van der Waals surface area (Å²) in [5.41, 5.74) is 2.43. The molecule has 1 saturated carbocycles. The molecular weight excluding hydrogens is 290 g/mol. The van der Waals surface area contributed by atoms with E-state index in [-0.39, 0.29) is 24.4 Å². The first-order chi connectivity index (χ1) is 11.1. The number of hydrogen-bond donors (Lipinski definition) is 1. The summed E-state index contributed by atoms with van der Waals surface area (Å²) in [5.74, 6) is 1.42. The normalized spacial score (nSPS) is 15.7. The maximum Gasteiger partial charge on any atom is 0.242 e. The van der Waals surface area contributed by atoms with Crippen molar-refractivity contribution in [2.75, 3.05) is 0 Å². The number of aromatic nitrogens is 4. The van der Waals surface area contributed by atoms with Crippen molar-refractivity contribution in [1.29, 1.82) is 0 Å². The lowest BCUT2D eigenvalue weighted by Gasteiger charge is -2.21. The van der Waals surface area contributed by atoms with Crippen molar-refractivity contribution < 1.29 is 4.79 Å². The highest BCUT2D eigenvalue weighted by Gasteiger charge is 2.34. The molecule has 1 aromatic heterocycles. The first kappa shape index (κ1) is 15.6. The van der Waals surface area contributed by atoms with E-state index >= 15 is 0 Å². The Morgan fingerprint density at radius 3 is 2.74 bits per heavy atom. The average molecular weight is 313 g/mol. The maximum absolute atomic E-state index is 12.5. The number of nitrogens with one attached hydrogen (secondary N) is 1. The molecule has 122 valence electrons. The first-order valence-corrected chi connectivity index (χ1v) is 8.17. The molecule has 0 saturated heterocycles. The Bertz CT molecular complexity index is 690. The van der Waals surface area contributed by atoms with Crippen LogP contribution < -0.4 is 5.32 Å². The van der Waals surface area contributed by atoms with Crippen molar-refractivity contribution in [1.82, 2.24) is 25.5 Å². The van der Waals surface area contributed by atoms with Gasteiger partial charge in [-0.1, -0.05) is 38.1 Å². The second-order valence-corrected chi connectivity index (χ2v) is 6.59. The smallest absolute Gasteiger partial charge is 0.242 e. The van der Waals surface area contributed by atoms with Gasteiger partial charge in [-0.25, -0.2) is 4.68 Å². The van der Waals surface area contributed by atoms with Gasteiger partial charge < -0.3 is 5.32 Å². The van der Waals surface area contributed by atoms with Gasteiger partial charge in [0.1, 0.15) is 6.54 Å². The number of carbonyl (C=O) groups is 1. The number of amides is 1. The molecule has 0 spiro atoms. The zero-order chi connectivity index (χ0) is 16.4. The van der Waals surface area contributed by atoms with Crippen molar-refractivity contribution >= 4 is 5.91 Å². The molecule has 0 aliphatic heterocycles. The van der Waals surface area contributed by atoms with Crippen LogP contribution in [0, 0.1) is 12.8 Å². The Balaban J connectivity index is 1.72. The minimum atomic E-state index is -0.0423. The van der Waals surface area contributed by atoms with Gasteiger partial charge in [0.25, 0.3) is 0 Å². The molecule has 3 rings (SSSR count). The second kappa shape index (κ2) is 6.48. The fourth-order valence-electron chi connectivity index (χ4n) is 2.91. The Labute approximate surface area is 136 Å². The highest BCUT2D eigenvalue weighted by atomic mass is 16.2. The molecule has 1 aliphatic rings. The van der Waals surface area contributed by atoms with Crippen molar-refractivity contribution in [3.05, 3.63) is 41.2 Å². The van der Waals surface area contributed by atoms with E-state index in [2.05, 4.69) is 39.9 Å². The molecule has 1 aromatic carbocycles. The van der Waals surface area contributed by atoms with E-state index in [0.717, 1.165) is 5.82 Å². The van der Waals surface area contributed by atoms with Crippen LogP contribution in [0.2, 0.25) is 0 Å². The summed E-state index contributed by atoms with van der Waals surface area (Å²) in [6.07, 6.45) is 2.34. The Morgan fingerprint density at radius 1 is 1.35 bits per heavy atom. The minimum absolute atomic E-state index is 0.0423. The molecule has 0 radical (unpaired) electrons. The van der Waals surface area contributed by atoms with Crippen LogP contribution in [0.5, 0.6) is 0 Å². The van der Waals surface area contributed by atoms with Crippen LogP contribution in [-0.4, -0.2) is 26.1 Å². The molecule has 1 amide bonds. The zero-order valence-electron chi connectivity index (χ0n) is 13.9. The standard InChI is InChI=1S/C17H23N5O/c1-11(2)17-19-20-21-22(17)10-15(23)18-16(13-8-9-13)14-7-5-4-6-12(14)3/h4-7,11,13,16H,8-10H2,1-3H3,(H,18,23)/t16-/m0/s1. The Hall–Kier alpha value is -2.24. The van der Waals surface area contributed by atoms with Crippen molar-refractivity contribution in [3.63, 3.8) is 0 Å². The quantitative estimate of drug-likeness (QED) is 0.888. The van der Waals surface area contributed by atoms with Crippen LogP contribution in [0.3, 0.4) is 0 Å². The average Bonchev–Trinajstić information content (AvgIpc) is 3.25. The van der Waals surface area contributed by atoms with E-state index in [1.165, 1.54) is 24.0 Å². The molecule has 1 fully saturated rings. The van der Waals surface area contributed by atoms with Crippen LogP contribution in [0.15, 0.2) is 24.3 Å². The SMILES string of the molecule is Cc1ccccc1[C@@H](NC(=O)Cn1nnnc1C(C)C)C1CC1. The summed E-state index contributed by atoms with van der Waals surface area (Å²) in [6.45, 7) is 6.28. The van der Waals surface area contributed by atoms with Gasteiger partial charge in [-0.15, -0.1) is 5.10 Å². The van der Waals surface area contributed by atoms with Gasteiger partial charge in [-0.3, -0.25) is 4.79 Å². The van der Waals surface area contributed by atoms with Crippen molar-refractivity contribution in [2.24, 2.45) is 5.92 Å². The monoisotopic (exact) mass is 313 g/mol. The highest BCUT2D eigenvalue weighted by molar-refractivity contribution is 5.76. The zero-order valence-corrected chi connectivity index (χ0v) is 13.9. The highest BCUT2D eigenvalue weighted by Crippen LogP contribution is 2.41. The van der Waals surface area contributed by atoms with Crippen LogP contribution >= 0.6 is 0 Å². The van der Waals surface area contributed by atoms with Crippen LogP contribution in [0.25, 0.3) is 0 Å². The topological polar surface area (TPSA) is 72.7 Å². The first-order valence-electron chi connectivity index (χ1n) is 8.17. The van der Waals surface area contributed by atoms with Crippen LogP contribution in [-0.2, 0) is 11.3 Å². The van der Waals surface area contributed by atoms with Gasteiger partial charge >= 0.3 is 0 Å². The van der Waals surface area contributed by atoms with Gasteiger partial charge in [0.2, 0.25) is 5.91 Å². The molecule has 1 N–H and O–H groups in total. The summed E-state index contributed by atoms with van der Waals surface area (Å²) >= 11 is 0. The van der Waals surface area contributed by atoms with Gasteiger partial charge in [0.15, 0.2) is 5.82 Å². The molecule has 1 aliphatic carbocycles. The summed E-state index contributed by atoms with van der Waals surface area (Å²) in [5, 5.41) is 14.8. The molecule has 6 nitrogen and oxygen atoms in total. The van der Waals surface area contributed by atoms with E-state index in [9.17, 15) is 4.79 Å². The predicted molar refractivity (Wildman–Crippen MR) is 86.7 cm³/mol.